The standard InChI is InChI=1S/C29H43NO5S/c1-18-11-10-12-19(2)27(34-9)21(4)28(32)29(6,7)25(33-8)16-26(31)35-24(14-13-18)20(3)15-23-17-36-22(5)30-23/h10,12-13,15,17,19,21,24-25,27H,11,14,16H2,1-9H3/b12-10+,18-13-,20-15+/t19-,21+,24-,25-,27-/m0/s1. The van der Waals surface area contributed by atoms with E-state index in [0.29, 0.717) is 6.42 Å². The fraction of sp³-hybridized carbons (Fsp3) is 0.621. The van der Waals surface area contributed by atoms with E-state index in [0.717, 1.165) is 22.7 Å². The van der Waals surface area contributed by atoms with Gasteiger partial charge in [0.05, 0.1) is 34.7 Å². The summed E-state index contributed by atoms with van der Waals surface area (Å²) >= 11 is 1.59. The molecule has 0 amide bonds. The van der Waals surface area contributed by atoms with Gasteiger partial charge in [0, 0.05) is 37.9 Å². The van der Waals surface area contributed by atoms with Crippen molar-refractivity contribution in [3.05, 3.63) is 45.5 Å². The molecule has 7 heteroatoms. The summed E-state index contributed by atoms with van der Waals surface area (Å²) in [7, 11) is 3.18. The van der Waals surface area contributed by atoms with Gasteiger partial charge in [-0.1, -0.05) is 51.5 Å². The first-order chi connectivity index (χ1) is 16.9. The Kier molecular flexibility index (Phi) is 11.3. The van der Waals surface area contributed by atoms with Crippen molar-refractivity contribution < 1.29 is 23.8 Å². The molecule has 1 aliphatic rings. The van der Waals surface area contributed by atoms with E-state index in [2.05, 4.69) is 37.1 Å². The van der Waals surface area contributed by atoms with Gasteiger partial charge in [0.1, 0.15) is 11.9 Å². The Morgan fingerprint density at radius 3 is 2.47 bits per heavy atom. The summed E-state index contributed by atoms with van der Waals surface area (Å²) in [5, 5.41) is 2.98. The highest BCUT2D eigenvalue weighted by atomic mass is 32.1. The maximum absolute atomic E-state index is 13.6. The van der Waals surface area contributed by atoms with E-state index in [9.17, 15) is 9.59 Å². The van der Waals surface area contributed by atoms with Crippen LogP contribution in [0.1, 0.15) is 71.5 Å². The normalized spacial score (nSPS) is 31.4. The lowest BCUT2D eigenvalue weighted by molar-refractivity contribution is -0.156. The maximum atomic E-state index is 13.6. The predicted octanol–water partition coefficient (Wildman–Crippen LogP) is 6.35. The molecule has 0 N–H and O–H groups in total. The van der Waals surface area contributed by atoms with Crippen LogP contribution >= 0.6 is 11.3 Å². The molecule has 1 aromatic rings. The summed E-state index contributed by atoms with van der Waals surface area (Å²) in [4.78, 5) is 31.3. The summed E-state index contributed by atoms with van der Waals surface area (Å²) in [6, 6.07) is 0. The molecule has 2 heterocycles. The van der Waals surface area contributed by atoms with Gasteiger partial charge in [0.25, 0.3) is 0 Å². The first-order valence-corrected chi connectivity index (χ1v) is 13.5. The Morgan fingerprint density at radius 2 is 1.89 bits per heavy atom. The lowest BCUT2D eigenvalue weighted by atomic mass is 9.73. The molecule has 0 spiro atoms. The largest absolute Gasteiger partial charge is 0.457 e. The van der Waals surface area contributed by atoms with E-state index < -0.39 is 23.6 Å². The fourth-order valence-electron chi connectivity index (χ4n) is 4.83. The second kappa shape index (κ2) is 13.5. The molecule has 0 saturated carbocycles. The number of hydrogen-bond acceptors (Lipinski definition) is 7. The van der Waals surface area contributed by atoms with Crippen molar-refractivity contribution in [3.63, 3.8) is 0 Å². The number of ether oxygens (including phenoxy) is 3. The van der Waals surface area contributed by atoms with Gasteiger partial charge in [-0.25, -0.2) is 4.98 Å². The van der Waals surface area contributed by atoms with Crippen molar-refractivity contribution in [2.45, 2.75) is 86.0 Å². The third kappa shape index (κ3) is 7.95. The summed E-state index contributed by atoms with van der Waals surface area (Å²) in [5.41, 5.74) is 2.06. The Morgan fingerprint density at radius 1 is 1.19 bits per heavy atom. The van der Waals surface area contributed by atoms with Gasteiger partial charge in [-0.15, -0.1) is 11.3 Å². The van der Waals surface area contributed by atoms with E-state index in [1.54, 1.807) is 18.4 Å². The zero-order chi connectivity index (χ0) is 27.0. The number of esters is 1. The zero-order valence-corrected chi connectivity index (χ0v) is 24.1. The average Bonchev–Trinajstić information content (AvgIpc) is 3.23. The van der Waals surface area contributed by atoms with Crippen LogP contribution in [0.15, 0.2) is 34.8 Å². The number of aryl methyl sites for hydroxylation is 1. The predicted molar refractivity (Wildman–Crippen MR) is 146 cm³/mol. The van der Waals surface area contributed by atoms with Gasteiger partial charge in [0.2, 0.25) is 0 Å². The van der Waals surface area contributed by atoms with Crippen LogP contribution in [-0.2, 0) is 23.8 Å². The lowest BCUT2D eigenvalue weighted by Crippen LogP contribution is -2.46. The van der Waals surface area contributed by atoms with Gasteiger partial charge >= 0.3 is 5.97 Å². The Hall–Kier alpha value is -2.09. The minimum atomic E-state index is -0.903. The molecule has 0 aliphatic carbocycles. The van der Waals surface area contributed by atoms with E-state index in [1.165, 1.54) is 12.7 Å². The number of hydrogen-bond donors (Lipinski definition) is 0. The van der Waals surface area contributed by atoms with Crippen molar-refractivity contribution in [1.82, 2.24) is 4.98 Å². The number of aromatic nitrogens is 1. The fourth-order valence-corrected chi connectivity index (χ4v) is 5.40. The molecule has 0 aromatic carbocycles. The smallest absolute Gasteiger partial charge is 0.309 e. The van der Waals surface area contributed by atoms with Gasteiger partial charge in [-0.2, -0.15) is 0 Å². The van der Waals surface area contributed by atoms with Crippen LogP contribution in [0.2, 0.25) is 0 Å². The second-order valence-electron chi connectivity index (χ2n) is 10.4. The summed E-state index contributed by atoms with van der Waals surface area (Å²) in [5.74, 6) is -0.709. The molecule has 0 fully saturated rings. The number of methoxy groups -OCH3 is 2. The Bertz CT molecular complexity index is 990. The summed E-state index contributed by atoms with van der Waals surface area (Å²) < 4.78 is 17.4. The minimum Gasteiger partial charge on any atom is -0.457 e. The summed E-state index contributed by atoms with van der Waals surface area (Å²) in [6.07, 6.45) is 8.32. The number of allylic oxidation sites excluding steroid dienone is 2. The van der Waals surface area contributed by atoms with Crippen LogP contribution < -0.4 is 0 Å². The number of cyclic esters (lactones) is 1. The third-order valence-electron chi connectivity index (χ3n) is 7.13. The first kappa shape index (κ1) is 30.1. The number of nitrogens with zero attached hydrogens (tertiary/aromatic N) is 1. The topological polar surface area (TPSA) is 74.7 Å². The third-order valence-corrected chi connectivity index (χ3v) is 7.92. The number of rotatable bonds is 4. The van der Waals surface area contributed by atoms with Crippen LogP contribution in [0, 0.1) is 24.2 Å². The lowest BCUT2D eigenvalue weighted by Gasteiger charge is -2.36. The number of carbonyl (C=O) groups is 2. The van der Waals surface area contributed by atoms with Gasteiger partial charge in [-0.05, 0) is 38.8 Å². The quantitative estimate of drug-likeness (QED) is 0.342. The Labute approximate surface area is 220 Å². The molecule has 6 nitrogen and oxygen atoms in total. The molecule has 0 saturated heterocycles. The molecule has 0 bridgehead atoms. The average molecular weight is 518 g/mol. The SMILES string of the molecule is CO[C@H]1[C@@H](C)/C=C/C/C(C)=C\C[C@@H](/C(C)=C/c2csc(C)n2)OC(=O)C[C@H](OC)C(C)(C)C(=O)[C@@H]1C. The van der Waals surface area contributed by atoms with Gasteiger partial charge in [-0.3, -0.25) is 9.59 Å². The van der Waals surface area contributed by atoms with Crippen LogP contribution in [0.3, 0.4) is 0 Å². The molecule has 0 unspecified atom stereocenters. The monoisotopic (exact) mass is 517 g/mol. The second-order valence-corrected chi connectivity index (χ2v) is 11.5. The van der Waals surface area contributed by atoms with Crippen molar-refractivity contribution in [3.8, 4) is 0 Å². The first-order valence-electron chi connectivity index (χ1n) is 12.6. The molecule has 36 heavy (non-hydrogen) atoms. The van der Waals surface area contributed by atoms with Crippen molar-refractivity contribution in [2.24, 2.45) is 17.3 Å². The molecule has 1 aromatic heterocycles. The van der Waals surface area contributed by atoms with Crippen molar-refractivity contribution in [1.29, 1.82) is 0 Å². The van der Waals surface area contributed by atoms with Crippen LogP contribution in [-0.4, -0.2) is 49.3 Å². The highest BCUT2D eigenvalue weighted by Gasteiger charge is 2.43. The molecular weight excluding hydrogens is 474 g/mol. The highest BCUT2D eigenvalue weighted by molar-refractivity contribution is 7.09. The molecule has 2 rings (SSSR count). The van der Waals surface area contributed by atoms with E-state index in [4.69, 9.17) is 14.2 Å². The number of carbonyl (C=O) groups excluding carboxylic acids is 2. The van der Waals surface area contributed by atoms with E-state index in [1.807, 2.05) is 46.1 Å². The molecular formula is C29H43NO5S. The van der Waals surface area contributed by atoms with Crippen LogP contribution in [0.5, 0.6) is 0 Å². The zero-order valence-electron chi connectivity index (χ0n) is 23.3. The van der Waals surface area contributed by atoms with Crippen molar-refractivity contribution in [2.75, 3.05) is 14.2 Å². The summed E-state index contributed by atoms with van der Waals surface area (Å²) in [6.45, 7) is 13.6. The highest BCUT2D eigenvalue weighted by Crippen LogP contribution is 2.34. The van der Waals surface area contributed by atoms with Gasteiger partial charge < -0.3 is 14.2 Å². The van der Waals surface area contributed by atoms with Gasteiger partial charge in [0.15, 0.2) is 0 Å². The molecule has 0 radical (unpaired) electrons. The van der Waals surface area contributed by atoms with Crippen LogP contribution in [0.25, 0.3) is 6.08 Å². The van der Waals surface area contributed by atoms with E-state index >= 15 is 0 Å². The number of thiazole rings is 1. The van der Waals surface area contributed by atoms with Crippen LogP contribution in [0.4, 0.5) is 0 Å². The van der Waals surface area contributed by atoms with E-state index in [-0.39, 0.29) is 30.1 Å². The number of ketones is 1. The molecule has 200 valence electrons. The maximum Gasteiger partial charge on any atom is 0.309 e. The minimum absolute atomic E-state index is 0.00366. The number of Topliss-reactive ketones (excluding diaryl/α,β-unsaturated/α-hetero) is 1. The molecule has 5 atom stereocenters. The Balaban J connectivity index is 2.44. The molecule has 1 aliphatic heterocycles. The van der Waals surface area contributed by atoms with Crippen molar-refractivity contribution >= 4 is 29.2 Å².